The van der Waals surface area contributed by atoms with Gasteiger partial charge in [-0.25, -0.2) is 13.8 Å². The number of alkyl halides is 1. The van der Waals surface area contributed by atoms with Crippen LogP contribution in [0.2, 0.25) is 0 Å². The third-order valence-electron chi connectivity index (χ3n) is 9.44. The van der Waals surface area contributed by atoms with Gasteiger partial charge in [0, 0.05) is 66.9 Å². The van der Waals surface area contributed by atoms with Crippen LogP contribution in [0.15, 0.2) is 60.4 Å². The average molecular weight is 631 g/mol. The Labute approximate surface area is 269 Å². The summed E-state index contributed by atoms with van der Waals surface area (Å²) >= 11 is 0. The standard InChI is InChI=1S/C36H44F2N6O2/c1-5-6-31(25-8-15-40-41-23-25)39-14-9-29(10-16-44-17-12-35(4,46)13-18-44)42-34(45)27-19-26-20-28-22-36(38,24(2)3)11-7-32(28)43-33(26)30(37)21-27/h5-6,8,14-15,19-21,23-24,29,46H,1,7,9-13,16-18,22H2,2-4H3,(H,42,45)/b31-6-,39-14-. The molecule has 1 aliphatic heterocycles. The first-order valence-electron chi connectivity index (χ1n) is 16.2. The van der Waals surface area contributed by atoms with E-state index in [1.165, 1.54) is 6.07 Å². The fourth-order valence-corrected chi connectivity index (χ4v) is 6.21. The number of carbonyl (C=O) groups excluding carboxylic acids is 1. The highest BCUT2D eigenvalue weighted by Gasteiger charge is 2.38. The fourth-order valence-electron chi connectivity index (χ4n) is 6.21. The van der Waals surface area contributed by atoms with E-state index in [4.69, 9.17) is 0 Å². The van der Waals surface area contributed by atoms with Crippen LogP contribution in [0, 0.1) is 11.7 Å². The van der Waals surface area contributed by atoms with Crippen LogP contribution in [0.1, 0.15) is 80.1 Å². The number of nitrogens with one attached hydrogen (secondary N) is 1. The molecule has 0 saturated carbocycles. The van der Waals surface area contributed by atoms with Crippen molar-refractivity contribution >= 4 is 28.7 Å². The van der Waals surface area contributed by atoms with Crippen molar-refractivity contribution in [2.45, 2.75) is 83.0 Å². The van der Waals surface area contributed by atoms with Crippen molar-refractivity contribution in [2.75, 3.05) is 19.6 Å². The number of benzene rings is 1. The molecule has 1 amide bonds. The molecule has 2 atom stereocenters. The van der Waals surface area contributed by atoms with Crippen molar-refractivity contribution in [3.05, 3.63) is 83.6 Å². The first kappa shape index (κ1) is 33.5. The van der Waals surface area contributed by atoms with E-state index < -0.39 is 23.0 Å². The number of hydrogen-bond acceptors (Lipinski definition) is 7. The maximum Gasteiger partial charge on any atom is 0.251 e. The van der Waals surface area contributed by atoms with E-state index >= 15 is 8.78 Å². The van der Waals surface area contributed by atoms with Crippen LogP contribution in [0.25, 0.3) is 16.6 Å². The maximum absolute atomic E-state index is 15.5. The Morgan fingerprint density at radius 2 is 1.98 bits per heavy atom. The van der Waals surface area contributed by atoms with Gasteiger partial charge >= 0.3 is 0 Å². The second-order valence-corrected chi connectivity index (χ2v) is 13.3. The zero-order chi connectivity index (χ0) is 32.9. The molecular weight excluding hydrogens is 586 g/mol. The number of hydrogen-bond donors (Lipinski definition) is 2. The third-order valence-corrected chi connectivity index (χ3v) is 9.44. The number of fused-ring (bicyclic) bond motifs is 2. The summed E-state index contributed by atoms with van der Waals surface area (Å²) < 4.78 is 30.9. The summed E-state index contributed by atoms with van der Waals surface area (Å²) in [6.45, 7) is 11.7. The smallest absolute Gasteiger partial charge is 0.251 e. The van der Waals surface area contributed by atoms with Gasteiger partial charge < -0.3 is 15.3 Å². The van der Waals surface area contributed by atoms with Crippen LogP contribution in [0.5, 0.6) is 0 Å². The molecule has 2 aliphatic rings. The number of aliphatic imine (C=N–C) groups is 1. The van der Waals surface area contributed by atoms with E-state index in [0.29, 0.717) is 49.6 Å². The monoisotopic (exact) mass is 630 g/mol. The van der Waals surface area contributed by atoms with Crippen molar-refractivity contribution in [3.63, 3.8) is 0 Å². The minimum atomic E-state index is -1.33. The lowest BCUT2D eigenvalue weighted by Gasteiger charge is -2.36. The van der Waals surface area contributed by atoms with Crippen LogP contribution >= 0.6 is 0 Å². The Morgan fingerprint density at radius 1 is 1.20 bits per heavy atom. The molecule has 244 valence electrons. The van der Waals surface area contributed by atoms with E-state index in [1.807, 2.05) is 20.8 Å². The van der Waals surface area contributed by atoms with Crippen molar-refractivity contribution < 1.29 is 18.7 Å². The Morgan fingerprint density at radius 3 is 2.67 bits per heavy atom. The number of nitrogens with zero attached hydrogens (tertiary/aromatic N) is 5. The first-order valence-corrected chi connectivity index (χ1v) is 16.2. The van der Waals surface area contributed by atoms with Crippen molar-refractivity contribution in [1.29, 1.82) is 0 Å². The number of aryl methyl sites for hydroxylation is 1. The minimum absolute atomic E-state index is 0.145. The lowest BCUT2D eigenvalue weighted by Crippen LogP contribution is -2.44. The summed E-state index contributed by atoms with van der Waals surface area (Å²) in [5.41, 5.74) is 1.35. The van der Waals surface area contributed by atoms with Crippen LogP contribution in [0.3, 0.4) is 0 Å². The van der Waals surface area contributed by atoms with Crippen molar-refractivity contribution in [2.24, 2.45) is 10.9 Å². The molecule has 46 heavy (non-hydrogen) atoms. The molecule has 5 rings (SSSR count). The molecule has 3 heterocycles. The summed E-state index contributed by atoms with van der Waals surface area (Å²) in [6, 6.07) is 6.18. The largest absolute Gasteiger partial charge is 0.390 e. The molecule has 2 unspecified atom stereocenters. The first-order chi connectivity index (χ1) is 22.0. The molecule has 1 aliphatic carbocycles. The summed E-state index contributed by atoms with van der Waals surface area (Å²) in [7, 11) is 0. The Hall–Kier alpha value is -3.89. The van der Waals surface area contributed by atoms with Gasteiger partial charge in [-0.2, -0.15) is 10.2 Å². The topological polar surface area (TPSA) is 104 Å². The van der Waals surface area contributed by atoms with Gasteiger partial charge in [-0.3, -0.25) is 9.79 Å². The average Bonchev–Trinajstić information content (AvgIpc) is 3.03. The Balaban J connectivity index is 1.35. The second-order valence-electron chi connectivity index (χ2n) is 13.3. The minimum Gasteiger partial charge on any atom is -0.390 e. The van der Waals surface area contributed by atoms with Gasteiger partial charge in [0.2, 0.25) is 0 Å². The van der Waals surface area contributed by atoms with E-state index in [2.05, 4.69) is 37.0 Å². The van der Waals surface area contributed by atoms with E-state index in [0.717, 1.165) is 36.5 Å². The Bertz CT molecular complexity index is 1610. The molecular formula is C36H44F2N6O2. The molecule has 1 saturated heterocycles. The second kappa shape index (κ2) is 14.3. The summed E-state index contributed by atoms with van der Waals surface area (Å²) in [6.07, 6.45) is 11.9. The maximum atomic E-state index is 15.5. The molecule has 10 heteroatoms. The fraction of sp³-hybridized carbons (Fsp3) is 0.472. The normalized spacial score (nSPS) is 21.0. The van der Waals surface area contributed by atoms with Gasteiger partial charge in [-0.15, -0.1) is 0 Å². The molecule has 0 bridgehead atoms. The number of pyridine rings is 1. The quantitative estimate of drug-likeness (QED) is 0.198. The molecule has 0 radical (unpaired) electrons. The third kappa shape index (κ3) is 8.09. The molecule has 3 aromatic rings. The Kier molecular flexibility index (Phi) is 10.4. The van der Waals surface area contributed by atoms with E-state index in [-0.39, 0.29) is 29.5 Å². The number of allylic oxidation sites excluding steroid dienone is 2. The number of aliphatic hydroxyl groups is 1. The lowest BCUT2D eigenvalue weighted by molar-refractivity contribution is -0.00585. The van der Waals surface area contributed by atoms with Crippen LogP contribution in [-0.4, -0.2) is 74.3 Å². The number of likely N-dealkylation sites (tertiary alicyclic amines) is 1. The zero-order valence-electron chi connectivity index (χ0n) is 27.0. The lowest BCUT2D eigenvalue weighted by atomic mass is 9.77. The van der Waals surface area contributed by atoms with E-state index in [1.54, 1.807) is 49.0 Å². The molecule has 8 nitrogen and oxygen atoms in total. The van der Waals surface area contributed by atoms with Crippen LogP contribution < -0.4 is 5.32 Å². The number of halogens is 2. The highest BCUT2D eigenvalue weighted by molar-refractivity contribution is 5.98. The van der Waals surface area contributed by atoms with Crippen molar-refractivity contribution in [3.8, 4) is 0 Å². The molecule has 1 fully saturated rings. The van der Waals surface area contributed by atoms with E-state index in [9.17, 15) is 9.90 Å². The number of rotatable bonds is 11. The SMILES string of the molecule is C=C/C=C(\N=C/CC(CCN1CCC(C)(O)CC1)NC(=O)c1cc(F)c2nc3c(cc2c1)CC(F)(C(C)C)CC3)c1ccnnc1. The summed E-state index contributed by atoms with van der Waals surface area (Å²) in [5.74, 6) is -1.12. The van der Waals surface area contributed by atoms with Crippen molar-refractivity contribution in [1.82, 2.24) is 25.4 Å². The predicted octanol–water partition coefficient (Wildman–Crippen LogP) is 6.04. The summed E-state index contributed by atoms with van der Waals surface area (Å²) in [5, 5.41) is 21.7. The van der Waals surface area contributed by atoms with Gasteiger partial charge in [0.15, 0.2) is 0 Å². The number of amides is 1. The van der Waals surface area contributed by atoms with Crippen LogP contribution in [0.4, 0.5) is 8.78 Å². The van der Waals surface area contributed by atoms with Gasteiger partial charge in [0.25, 0.3) is 5.91 Å². The van der Waals surface area contributed by atoms with Gasteiger partial charge in [0.1, 0.15) is 17.0 Å². The zero-order valence-corrected chi connectivity index (χ0v) is 27.0. The number of piperidine rings is 1. The van der Waals surface area contributed by atoms with Gasteiger partial charge in [0.05, 0.1) is 23.7 Å². The highest BCUT2D eigenvalue weighted by Crippen LogP contribution is 2.38. The molecule has 0 spiro atoms. The van der Waals surface area contributed by atoms with Gasteiger partial charge in [-0.05, 0) is 80.9 Å². The molecule has 2 aromatic heterocycles. The molecule has 2 N–H and O–H groups in total. The number of aromatic nitrogens is 3. The number of carbonyl (C=O) groups is 1. The summed E-state index contributed by atoms with van der Waals surface area (Å²) in [4.78, 5) is 25.1. The highest BCUT2D eigenvalue weighted by atomic mass is 19.1. The van der Waals surface area contributed by atoms with Crippen LogP contribution in [-0.2, 0) is 12.8 Å². The predicted molar refractivity (Wildman–Crippen MR) is 178 cm³/mol. The van der Waals surface area contributed by atoms with Gasteiger partial charge in [-0.1, -0.05) is 26.5 Å². The molecule has 1 aromatic carbocycles.